The number of carbonyl (C=O) groups excluding carboxylic acids is 2. The number of halogens is 4. The molecule has 0 spiro atoms. The van der Waals surface area contributed by atoms with Crippen LogP contribution >= 0.6 is 46.4 Å². The summed E-state index contributed by atoms with van der Waals surface area (Å²) in [4.78, 5) is 31.4. The number of Topliss-reactive ketones (excluding diaryl/α,β-unsaturated/α-hetero) is 1. The number of aliphatic imine (C=N–C) groups is 1. The Hall–Kier alpha value is -2.66. The van der Waals surface area contributed by atoms with Crippen LogP contribution in [0.2, 0.25) is 20.1 Å². The molecule has 4 rings (SSSR count). The number of sulfonamides is 1. The molecule has 0 saturated heterocycles. The highest BCUT2D eigenvalue weighted by Crippen LogP contribution is 2.33. The van der Waals surface area contributed by atoms with E-state index in [1.807, 2.05) is 0 Å². The van der Waals surface area contributed by atoms with Crippen LogP contribution in [0, 0.1) is 0 Å². The van der Waals surface area contributed by atoms with E-state index in [2.05, 4.69) is 15.0 Å². The van der Waals surface area contributed by atoms with Gasteiger partial charge in [0.2, 0.25) is 10.0 Å². The fraction of sp³-hybridized carbons (Fsp3) is 0.222. The van der Waals surface area contributed by atoms with Gasteiger partial charge in [0.15, 0.2) is 11.9 Å². The van der Waals surface area contributed by atoms with Gasteiger partial charge in [-0.25, -0.2) is 13.1 Å². The van der Waals surface area contributed by atoms with Crippen molar-refractivity contribution < 1.29 is 22.7 Å². The average molecular weight is 643 g/mol. The van der Waals surface area contributed by atoms with Crippen molar-refractivity contribution in [3.8, 4) is 5.75 Å². The number of ketones is 1. The SMILES string of the molecule is CS(=O)(=O)NCCCOc1ccc(Cl)cc1C(=O)NC1N=C(c2c(Cl)cc(Cl)cc2Cl)c2ccccc2CC1=O. The Morgan fingerprint density at radius 3 is 2.42 bits per heavy atom. The van der Waals surface area contributed by atoms with Crippen LogP contribution in [0.1, 0.15) is 33.5 Å². The number of hydrogen-bond donors (Lipinski definition) is 2. The van der Waals surface area contributed by atoms with Crippen molar-refractivity contribution in [1.29, 1.82) is 0 Å². The van der Waals surface area contributed by atoms with Gasteiger partial charge in [-0.1, -0.05) is 70.7 Å². The molecule has 13 heteroatoms. The van der Waals surface area contributed by atoms with E-state index in [1.54, 1.807) is 30.3 Å². The second kappa shape index (κ2) is 12.9. The summed E-state index contributed by atoms with van der Waals surface area (Å²) in [6.07, 6.45) is 0.143. The summed E-state index contributed by atoms with van der Waals surface area (Å²) in [5, 5.41) is 3.77. The summed E-state index contributed by atoms with van der Waals surface area (Å²) in [6, 6.07) is 14.7. The van der Waals surface area contributed by atoms with Crippen LogP contribution in [0.15, 0.2) is 59.6 Å². The van der Waals surface area contributed by atoms with Crippen molar-refractivity contribution in [3.05, 3.63) is 96.9 Å². The number of fused-ring (bicyclic) bond motifs is 1. The van der Waals surface area contributed by atoms with Crippen molar-refractivity contribution in [3.63, 3.8) is 0 Å². The molecule has 1 atom stereocenters. The molecule has 2 N–H and O–H groups in total. The lowest BCUT2D eigenvalue weighted by Crippen LogP contribution is -2.40. The van der Waals surface area contributed by atoms with E-state index >= 15 is 0 Å². The fourth-order valence-electron chi connectivity index (χ4n) is 4.06. The zero-order valence-electron chi connectivity index (χ0n) is 21.0. The van der Waals surface area contributed by atoms with Crippen LogP contribution in [0.25, 0.3) is 0 Å². The maximum absolute atomic E-state index is 13.4. The highest BCUT2D eigenvalue weighted by Gasteiger charge is 2.30. The molecule has 1 unspecified atom stereocenters. The predicted molar refractivity (Wildman–Crippen MR) is 158 cm³/mol. The van der Waals surface area contributed by atoms with E-state index in [9.17, 15) is 18.0 Å². The van der Waals surface area contributed by atoms with E-state index < -0.39 is 22.1 Å². The summed E-state index contributed by atoms with van der Waals surface area (Å²) in [5.41, 5.74) is 2.13. The van der Waals surface area contributed by atoms with Crippen LogP contribution in [0.4, 0.5) is 0 Å². The Labute approximate surface area is 251 Å². The molecular formula is C27H23Cl4N3O5S. The lowest BCUT2D eigenvalue weighted by atomic mass is 9.96. The number of amides is 1. The molecule has 1 heterocycles. The molecule has 0 aliphatic carbocycles. The number of nitrogens with zero attached hydrogens (tertiary/aromatic N) is 1. The Bertz CT molecular complexity index is 1590. The van der Waals surface area contributed by atoms with Crippen molar-refractivity contribution in [1.82, 2.24) is 10.0 Å². The van der Waals surface area contributed by atoms with Gasteiger partial charge in [0.25, 0.3) is 5.91 Å². The zero-order chi connectivity index (χ0) is 29.0. The van der Waals surface area contributed by atoms with Gasteiger partial charge in [0.05, 0.1) is 34.2 Å². The van der Waals surface area contributed by atoms with Gasteiger partial charge in [-0.15, -0.1) is 0 Å². The second-order valence-electron chi connectivity index (χ2n) is 8.91. The Morgan fingerprint density at radius 2 is 1.73 bits per heavy atom. The van der Waals surface area contributed by atoms with Crippen molar-refractivity contribution >= 4 is 73.8 Å². The molecule has 1 aliphatic heterocycles. The van der Waals surface area contributed by atoms with Crippen LogP contribution in [-0.2, 0) is 21.2 Å². The van der Waals surface area contributed by atoms with Crippen molar-refractivity contribution in [2.75, 3.05) is 19.4 Å². The minimum atomic E-state index is -3.33. The number of ether oxygens (including phenoxy) is 1. The number of hydrogen-bond acceptors (Lipinski definition) is 6. The molecule has 8 nitrogen and oxygen atoms in total. The lowest BCUT2D eigenvalue weighted by molar-refractivity contribution is -0.120. The van der Waals surface area contributed by atoms with Crippen LogP contribution < -0.4 is 14.8 Å². The first-order valence-electron chi connectivity index (χ1n) is 11.9. The fourth-order valence-corrected chi connectivity index (χ4v) is 5.74. The van der Waals surface area contributed by atoms with E-state index in [-0.39, 0.29) is 51.7 Å². The van der Waals surface area contributed by atoms with Gasteiger partial charge in [-0.2, -0.15) is 0 Å². The van der Waals surface area contributed by atoms with Gasteiger partial charge in [0, 0.05) is 34.1 Å². The summed E-state index contributed by atoms with van der Waals surface area (Å²) in [7, 11) is -3.33. The maximum Gasteiger partial charge on any atom is 0.257 e. The average Bonchev–Trinajstić information content (AvgIpc) is 2.99. The van der Waals surface area contributed by atoms with E-state index in [0.29, 0.717) is 33.8 Å². The normalized spacial score (nSPS) is 15.2. The molecule has 0 radical (unpaired) electrons. The molecule has 0 aromatic heterocycles. The second-order valence-corrected chi connectivity index (χ2v) is 12.4. The molecule has 40 heavy (non-hydrogen) atoms. The lowest BCUT2D eigenvalue weighted by Gasteiger charge is -2.17. The summed E-state index contributed by atoms with van der Waals surface area (Å²) >= 11 is 25.3. The zero-order valence-corrected chi connectivity index (χ0v) is 24.9. The Kier molecular flexibility index (Phi) is 9.76. The summed E-state index contributed by atoms with van der Waals surface area (Å²) in [5.74, 6) is -0.792. The van der Waals surface area contributed by atoms with E-state index in [0.717, 1.165) is 6.26 Å². The van der Waals surface area contributed by atoms with Gasteiger partial charge < -0.3 is 10.1 Å². The molecule has 210 valence electrons. The minimum Gasteiger partial charge on any atom is -0.493 e. The summed E-state index contributed by atoms with van der Waals surface area (Å²) in [6.45, 7) is 0.288. The Morgan fingerprint density at radius 1 is 1.02 bits per heavy atom. The quantitative estimate of drug-likeness (QED) is 0.306. The monoisotopic (exact) mass is 641 g/mol. The third-order valence-electron chi connectivity index (χ3n) is 5.84. The first-order valence-corrected chi connectivity index (χ1v) is 15.3. The molecule has 3 aromatic carbocycles. The van der Waals surface area contributed by atoms with Gasteiger partial charge >= 0.3 is 0 Å². The topological polar surface area (TPSA) is 114 Å². The molecule has 0 saturated carbocycles. The van der Waals surface area contributed by atoms with Crippen LogP contribution in [0.3, 0.4) is 0 Å². The highest BCUT2D eigenvalue weighted by atomic mass is 35.5. The van der Waals surface area contributed by atoms with E-state index in [1.165, 1.54) is 24.3 Å². The van der Waals surface area contributed by atoms with Crippen LogP contribution in [-0.4, -0.2) is 51.4 Å². The standard InChI is InChI=1S/C27H23Cl4N3O5S/c1-40(37,38)32-9-4-10-39-23-8-7-16(28)12-19(23)27(36)34-26-22(35)11-15-5-2-3-6-18(15)25(33-26)24-20(30)13-17(29)14-21(24)31/h2-3,5-8,12-14,26,32H,4,9-11H2,1H3,(H,34,36). The predicted octanol–water partition coefficient (Wildman–Crippen LogP) is 5.34. The Balaban J connectivity index is 1.64. The molecular weight excluding hydrogens is 620 g/mol. The number of benzene rings is 3. The minimum absolute atomic E-state index is 0.00316. The first kappa shape index (κ1) is 30.3. The number of carbonyl (C=O) groups is 2. The van der Waals surface area contributed by atoms with Gasteiger partial charge in [0.1, 0.15) is 5.75 Å². The molecule has 1 aliphatic rings. The largest absolute Gasteiger partial charge is 0.493 e. The smallest absolute Gasteiger partial charge is 0.257 e. The third-order valence-corrected chi connectivity index (χ3v) is 7.62. The van der Waals surface area contributed by atoms with Gasteiger partial charge in [-0.3, -0.25) is 14.6 Å². The van der Waals surface area contributed by atoms with Crippen molar-refractivity contribution in [2.24, 2.45) is 4.99 Å². The maximum atomic E-state index is 13.4. The van der Waals surface area contributed by atoms with Crippen molar-refractivity contribution in [2.45, 2.75) is 19.0 Å². The molecule has 3 aromatic rings. The first-order chi connectivity index (χ1) is 18.9. The third kappa shape index (κ3) is 7.54. The molecule has 0 fully saturated rings. The highest BCUT2D eigenvalue weighted by molar-refractivity contribution is 7.88. The number of rotatable bonds is 9. The summed E-state index contributed by atoms with van der Waals surface area (Å²) < 4.78 is 30.6. The van der Waals surface area contributed by atoms with Gasteiger partial charge in [-0.05, 0) is 42.3 Å². The molecule has 1 amide bonds. The number of nitrogens with one attached hydrogen (secondary N) is 2. The van der Waals surface area contributed by atoms with E-state index in [4.69, 9.17) is 51.1 Å². The molecule has 0 bridgehead atoms. The van der Waals surface area contributed by atoms with Crippen LogP contribution in [0.5, 0.6) is 5.75 Å².